The van der Waals surface area contributed by atoms with Crippen molar-refractivity contribution in [1.29, 1.82) is 0 Å². The number of aromatic nitrogens is 5. The van der Waals surface area contributed by atoms with Gasteiger partial charge in [0.2, 0.25) is 16.9 Å². The van der Waals surface area contributed by atoms with E-state index in [9.17, 15) is 4.79 Å². The highest BCUT2D eigenvalue weighted by Crippen LogP contribution is 2.22. The average Bonchev–Trinajstić information content (AvgIpc) is 3.17. The highest BCUT2D eigenvalue weighted by Gasteiger charge is 2.20. The van der Waals surface area contributed by atoms with Crippen molar-refractivity contribution in [2.75, 3.05) is 5.32 Å². The van der Waals surface area contributed by atoms with Crippen LogP contribution in [-0.4, -0.2) is 36.5 Å². The Labute approximate surface area is 142 Å². The minimum absolute atomic E-state index is 0.203. The van der Waals surface area contributed by atoms with E-state index in [0.29, 0.717) is 23.3 Å². The number of thioether (sulfide) groups is 1. The van der Waals surface area contributed by atoms with E-state index in [1.165, 1.54) is 11.8 Å². The van der Waals surface area contributed by atoms with E-state index in [1.54, 1.807) is 24.6 Å². The number of aryl methyl sites for hydroxylation is 1. The van der Waals surface area contributed by atoms with Gasteiger partial charge in [0, 0.05) is 6.07 Å². The summed E-state index contributed by atoms with van der Waals surface area (Å²) in [5.41, 5.74) is 1.79. The number of amides is 1. The van der Waals surface area contributed by atoms with E-state index in [-0.39, 0.29) is 5.91 Å². The van der Waals surface area contributed by atoms with Gasteiger partial charge in [0.05, 0.1) is 17.5 Å². The first kappa shape index (κ1) is 16.2. The van der Waals surface area contributed by atoms with Crippen LogP contribution >= 0.6 is 11.8 Å². The number of nitrogens with zero attached hydrogens (tertiary/aromatic N) is 5. The molecule has 124 valence electrons. The van der Waals surface area contributed by atoms with Gasteiger partial charge in [-0.05, 0) is 29.8 Å². The molecule has 8 nitrogen and oxygen atoms in total. The molecule has 3 aromatic rings. The van der Waals surface area contributed by atoms with Crippen LogP contribution in [0.2, 0.25) is 0 Å². The standard InChI is InChI=1S/C15H16N6O2S/c1-10-8-13(23-18-10)16-14(22)11(2)24-15-17-19-20-21(15)9-12-6-4-3-5-7-12/h3-8,11H,9H2,1-2H3,(H,16,22)/t11-/m0/s1. The van der Waals surface area contributed by atoms with E-state index in [1.807, 2.05) is 30.3 Å². The molecule has 0 fully saturated rings. The minimum atomic E-state index is -0.393. The van der Waals surface area contributed by atoms with Gasteiger partial charge in [-0.3, -0.25) is 10.1 Å². The summed E-state index contributed by atoms with van der Waals surface area (Å²) in [7, 11) is 0. The zero-order valence-electron chi connectivity index (χ0n) is 13.2. The smallest absolute Gasteiger partial charge is 0.240 e. The number of anilines is 1. The fourth-order valence-corrected chi connectivity index (χ4v) is 2.78. The SMILES string of the molecule is Cc1cc(NC(=O)[C@H](C)Sc2nnnn2Cc2ccccc2)on1. The van der Waals surface area contributed by atoms with Crippen molar-refractivity contribution >= 4 is 23.6 Å². The van der Waals surface area contributed by atoms with Crippen LogP contribution in [-0.2, 0) is 11.3 Å². The topological polar surface area (TPSA) is 98.7 Å². The highest BCUT2D eigenvalue weighted by atomic mass is 32.2. The lowest BCUT2D eigenvalue weighted by atomic mass is 10.2. The molecule has 0 bridgehead atoms. The van der Waals surface area contributed by atoms with Crippen LogP contribution in [0.15, 0.2) is 46.1 Å². The molecule has 24 heavy (non-hydrogen) atoms. The number of carbonyl (C=O) groups is 1. The lowest BCUT2D eigenvalue weighted by Gasteiger charge is -2.10. The van der Waals surface area contributed by atoms with Crippen LogP contribution in [0, 0.1) is 6.92 Å². The summed E-state index contributed by atoms with van der Waals surface area (Å²) in [5, 5.41) is 18.3. The maximum Gasteiger partial charge on any atom is 0.240 e. The first-order chi connectivity index (χ1) is 11.6. The summed E-state index contributed by atoms with van der Waals surface area (Å²) in [4.78, 5) is 12.2. The number of tetrazole rings is 1. The van der Waals surface area contributed by atoms with Gasteiger partial charge in [-0.2, -0.15) is 0 Å². The lowest BCUT2D eigenvalue weighted by molar-refractivity contribution is -0.115. The van der Waals surface area contributed by atoms with Gasteiger partial charge in [0.1, 0.15) is 0 Å². The molecule has 2 heterocycles. The molecule has 0 unspecified atom stereocenters. The molecule has 1 aromatic carbocycles. The number of rotatable bonds is 6. The van der Waals surface area contributed by atoms with Crippen LogP contribution < -0.4 is 5.32 Å². The average molecular weight is 344 g/mol. The molecular formula is C15H16N6O2S. The maximum absolute atomic E-state index is 12.2. The predicted octanol–water partition coefficient (Wildman–Crippen LogP) is 2.14. The monoisotopic (exact) mass is 344 g/mol. The van der Waals surface area contributed by atoms with E-state index >= 15 is 0 Å². The van der Waals surface area contributed by atoms with Crippen LogP contribution in [0.5, 0.6) is 0 Å². The Hall–Kier alpha value is -2.68. The molecule has 1 amide bonds. The molecule has 0 aliphatic heterocycles. The van der Waals surface area contributed by atoms with Gasteiger partial charge < -0.3 is 4.52 Å². The summed E-state index contributed by atoms with van der Waals surface area (Å²) >= 11 is 1.28. The largest absolute Gasteiger partial charge is 0.338 e. The Morgan fingerprint density at radius 3 is 2.88 bits per heavy atom. The van der Waals surface area contributed by atoms with Gasteiger partial charge >= 0.3 is 0 Å². The normalized spacial score (nSPS) is 12.1. The van der Waals surface area contributed by atoms with Gasteiger partial charge in [-0.1, -0.05) is 47.3 Å². The van der Waals surface area contributed by atoms with E-state index in [4.69, 9.17) is 4.52 Å². The maximum atomic E-state index is 12.2. The molecule has 0 aliphatic rings. The van der Waals surface area contributed by atoms with Crippen molar-refractivity contribution in [3.05, 3.63) is 47.7 Å². The number of benzene rings is 1. The fraction of sp³-hybridized carbons (Fsp3) is 0.267. The van der Waals surface area contributed by atoms with Crippen molar-refractivity contribution in [3.8, 4) is 0 Å². The molecule has 0 saturated carbocycles. The Balaban J connectivity index is 1.63. The fourth-order valence-electron chi connectivity index (χ4n) is 1.99. The molecule has 0 spiro atoms. The summed E-state index contributed by atoms with van der Waals surface area (Å²) in [6.45, 7) is 4.12. The Bertz CT molecular complexity index is 816. The van der Waals surface area contributed by atoms with Crippen molar-refractivity contribution in [2.24, 2.45) is 0 Å². The quantitative estimate of drug-likeness (QED) is 0.684. The van der Waals surface area contributed by atoms with Gasteiger partial charge in [-0.15, -0.1) is 5.10 Å². The van der Waals surface area contributed by atoms with Gasteiger partial charge in [-0.25, -0.2) is 4.68 Å². The zero-order valence-corrected chi connectivity index (χ0v) is 14.0. The molecule has 3 rings (SSSR count). The number of nitrogens with one attached hydrogen (secondary N) is 1. The summed E-state index contributed by atoms with van der Waals surface area (Å²) < 4.78 is 6.66. The van der Waals surface area contributed by atoms with Crippen LogP contribution in [0.1, 0.15) is 18.2 Å². The van der Waals surface area contributed by atoms with Crippen molar-refractivity contribution in [1.82, 2.24) is 25.4 Å². The first-order valence-corrected chi connectivity index (χ1v) is 8.20. The zero-order chi connectivity index (χ0) is 16.9. The number of hydrogen-bond acceptors (Lipinski definition) is 7. The van der Waals surface area contributed by atoms with Crippen LogP contribution in [0.25, 0.3) is 0 Å². The predicted molar refractivity (Wildman–Crippen MR) is 88.5 cm³/mol. The second-order valence-electron chi connectivity index (χ2n) is 5.19. The van der Waals surface area contributed by atoms with Crippen molar-refractivity contribution in [3.63, 3.8) is 0 Å². The second-order valence-corrected chi connectivity index (χ2v) is 6.49. The summed E-state index contributed by atoms with van der Waals surface area (Å²) in [5.74, 6) is 0.124. The first-order valence-electron chi connectivity index (χ1n) is 7.33. The Kier molecular flexibility index (Phi) is 4.90. The molecular weight excluding hydrogens is 328 g/mol. The summed E-state index contributed by atoms with van der Waals surface area (Å²) in [6.07, 6.45) is 0. The van der Waals surface area contributed by atoms with Crippen molar-refractivity contribution in [2.45, 2.75) is 30.8 Å². The molecule has 1 N–H and O–H groups in total. The third-order valence-electron chi connectivity index (χ3n) is 3.20. The van der Waals surface area contributed by atoms with E-state index in [0.717, 1.165) is 5.56 Å². The van der Waals surface area contributed by atoms with Crippen LogP contribution in [0.4, 0.5) is 5.88 Å². The molecule has 0 aliphatic carbocycles. The van der Waals surface area contributed by atoms with Crippen molar-refractivity contribution < 1.29 is 9.32 Å². The Morgan fingerprint density at radius 1 is 1.38 bits per heavy atom. The highest BCUT2D eigenvalue weighted by molar-refractivity contribution is 8.00. The molecule has 1 atom stereocenters. The Morgan fingerprint density at radius 2 is 2.17 bits per heavy atom. The van der Waals surface area contributed by atoms with Gasteiger partial charge in [0.25, 0.3) is 0 Å². The lowest BCUT2D eigenvalue weighted by Crippen LogP contribution is -2.22. The van der Waals surface area contributed by atoms with E-state index in [2.05, 4.69) is 26.0 Å². The third-order valence-corrected chi connectivity index (χ3v) is 4.27. The van der Waals surface area contributed by atoms with E-state index < -0.39 is 5.25 Å². The molecule has 2 aromatic heterocycles. The van der Waals surface area contributed by atoms with Gasteiger partial charge in [0.15, 0.2) is 0 Å². The third kappa shape index (κ3) is 3.99. The molecule has 0 saturated heterocycles. The number of hydrogen-bond donors (Lipinski definition) is 1. The minimum Gasteiger partial charge on any atom is -0.338 e. The summed E-state index contributed by atoms with van der Waals surface area (Å²) in [6, 6.07) is 11.5. The molecule has 0 radical (unpaired) electrons. The molecule has 9 heteroatoms. The second kappa shape index (κ2) is 7.26. The van der Waals surface area contributed by atoms with Crippen LogP contribution in [0.3, 0.4) is 0 Å². The number of carbonyl (C=O) groups excluding carboxylic acids is 1.